The van der Waals surface area contributed by atoms with Crippen LogP contribution in [0.1, 0.15) is 64.7 Å². The van der Waals surface area contributed by atoms with Crippen molar-refractivity contribution < 1.29 is 0 Å². The van der Waals surface area contributed by atoms with Gasteiger partial charge in [0.25, 0.3) is 0 Å². The number of nitrogens with zero attached hydrogens (tertiary/aromatic N) is 1. The van der Waals surface area contributed by atoms with Crippen molar-refractivity contribution in [2.24, 2.45) is 5.41 Å². The molecule has 1 aliphatic heterocycles. The lowest BCUT2D eigenvalue weighted by atomic mass is 9.65. The van der Waals surface area contributed by atoms with E-state index in [1.165, 1.54) is 70.9 Å². The van der Waals surface area contributed by atoms with E-state index in [0.29, 0.717) is 0 Å². The highest BCUT2D eigenvalue weighted by Gasteiger charge is 2.37. The van der Waals surface area contributed by atoms with Crippen molar-refractivity contribution in [3.05, 3.63) is 5.92 Å². The van der Waals surface area contributed by atoms with Crippen molar-refractivity contribution >= 4 is 0 Å². The van der Waals surface area contributed by atoms with Crippen LogP contribution < -0.4 is 0 Å². The van der Waals surface area contributed by atoms with E-state index in [-0.39, 0.29) is 0 Å². The Bertz CT molecular complexity index is 226. The third kappa shape index (κ3) is 2.03. The standard InChI is InChI=1S/C15H26N/c1-13-5-7-15(8-6-13)9-11-16(12-10-15)14-3-2-4-14/h14H,2-12H2,1H3/q-1. The number of likely N-dealkylation sites (tertiary alicyclic amines) is 1. The van der Waals surface area contributed by atoms with Gasteiger partial charge in [-0.15, -0.1) is 0 Å². The molecule has 2 saturated carbocycles. The quantitative estimate of drug-likeness (QED) is 0.608. The number of rotatable bonds is 1. The Morgan fingerprint density at radius 2 is 1.62 bits per heavy atom. The molecule has 0 N–H and O–H groups in total. The van der Waals surface area contributed by atoms with Gasteiger partial charge in [0, 0.05) is 6.04 Å². The Kier molecular flexibility index (Phi) is 2.99. The zero-order valence-electron chi connectivity index (χ0n) is 10.8. The first kappa shape index (κ1) is 11.1. The van der Waals surface area contributed by atoms with Gasteiger partial charge in [-0.25, -0.2) is 0 Å². The van der Waals surface area contributed by atoms with Crippen LogP contribution in [0.4, 0.5) is 0 Å². The van der Waals surface area contributed by atoms with Crippen LogP contribution in [0.25, 0.3) is 0 Å². The molecule has 2 aliphatic carbocycles. The van der Waals surface area contributed by atoms with Gasteiger partial charge in [-0.1, -0.05) is 19.3 Å². The van der Waals surface area contributed by atoms with Crippen molar-refractivity contribution in [3.63, 3.8) is 0 Å². The second-order valence-electron chi connectivity index (χ2n) is 6.58. The fourth-order valence-electron chi connectivity index (χ4n) is 3.82. The molecule has 0 aromatic heterocycles. The van der Waals surface area contributed by atoms with Gasteiger partial charge in [-0.3, -0.25) is 0 Å². The van der Waals surface area contributed by atoms with Crippen LogP contribution in [0.2, 0.25) is 0 Å². The fraction of sp³-hybridized carbons (Fsp3) is 0.933. The molecule has 0 bridgehead atoms. The van der Waals surface area contributed by atoms with Crippen LogP contribution >= 0.6 is 0 Å². The van der Waals surface area contributed by atoms with E-state index in [1.807, 2.05) is 0 Å². The third-order valence-electron chi connectivity index (χ3n) is 5.61. The molecule has 1 nitrogen and oxygen atoms in total. The summed E-state index contributed by atoms with van der Waals surface area (Å²) >= 11 is 0. The maximum absolute atomic E-state index is 2.79. The van der Waals surface area contributed by atoms with Crippen molar-refractivity contribution in [3.8, 4) is 0 Å². The van der Waals surface area contributed by atoms with Crippen LogP contribution in [-0.4, -0.2) is 24.0 Å². The van der Waals surface area contributed by atoms with E-state index in [1.54, 1.807) is 5.92 Å². The highest BCUT2D eigenvalue weighted by Crippen LogP contribution is 2.47. The fourth-order valence-corrected chi connectivity index (χ4v) is 3.82. The lowest BCUT2D eigenvalue weighted by molar-refractivity contribution is 0.0265. The van der Waals surface area contributed by atoms with Crippen LogP contribution in [0.5, 0.6) is 0 Å². The molecule has 0 unspecified atom stereocenters. The average Bonchev–Trinajstić information content (AvgIpc) is 2.24. The molecule has 3 rings (SSSR count). The van der Waals surface area contributed by atoms with E-state index in [4.69, 9.17) is 0 Å². The van der Waals surface area contributed by atoms with Gasteiger partial charge in [0.15, 0.2) is 0 Å². The molecule has 92 valence electrons. The molecule has 0 aromatic rings. The van der Waals surface area contributed by atoms with Gasteiger partial charge in [0.2, 0.25) is 0 Å². The Morgan fingerprint density at radius 3 is 2.12 bits per heavy atom. The molecular formula is C15H26N-. The first-order valence-electron chi connectivity index (χ1n) is 7.33. The minimum Gasteiger partial charge on any atom is -0.317 e. The maximum Gasteiger partial charge on any atom is 0.00952 e. The minimum absolute atomic E-state index is 0.764. The predicted octanol–water partition coefficient (Wildman–Crippen LogP) is 3.79. The molecule has 0 radical (unpaired) electrons. The van der Waals surface area contributed by atoms with E-state index >= 15 is 0 Å². The number of hydrogen-bond donors (Lipinski definition) is 0. The van der Waals surface area contributed by atoms with Gasteiger partial charge >= 0.3 is 0 Å². The first-order valence-corrected chi connectivity index (χ1v) is 7.33. The Morgan fingerprint density at radius 1 is 1.00 bits per heavy atom. The maximum atomic E-state index is 2.79. The molecule has 3 aliphatic rings. The molecule has 1 spiro atoms. The minimum atomic E-state index is 0.764. The van der Waals surface area contributed by atoms with Gasteiger partial charge in [0.05, 0.1) is 0 Å². The lowest BCUT2D eigenvalue weighted by Gasteiger charge is -2.51. The number of piperidine rings is 1. The summed E-state index contributed by atoms with van der Waals surface area (Å²) in [6.45, 7) is 5.17. The zero-order valence-corrected chi connectivity index (χ0v) is 10.8. The summed E-state index contributed by atoms with van der Waals surface area (Å²) in [5.41, 5.74) is 0.764. The lowest BCUT2D eigenvalue weighted by Crippen LogP contribution is -2.48. The summed E-state index contributed by atoms with van der Waals surface area (Å²) in [5.74, 6) is 1.76. The average molecular weight is 220 g/mol. The largest absolute Gasteiger partial charge is 0.317 e. The van der Waals surface area contributed by atoms with Gasteiger partial charge in [-0.2, -0.15) is 19.8 Å². The van der Waals surface area contributed by atoms with Crippen LogP contribution in [0.3, 0.4) is 0 Å². The van der Waals surface area contributed by atoms with E-state index < -0.39 is 0 Å². The van der Waals surface area contributed by atoms with E-state index in [9.17, 15) is 0 Å². The Labute approximate surface area is 101 Å². The second-order valence-corrected chi connectivity index (χ2v) is 6.58. The summed E-state index contributed by atoms with van der Waals surface area (Å²) in [5, 5.41) is 0. The molecule has 0 aromatic carbocycles. The van der Waals surface area contributed by atoms with Crippen LogP contribution in [-0.2, 0) is 0 Å². The smallest absolute Gasteiger partial charge is 0.00952 e. The first-order chi connectivity index (χ1) is 7.77. The highest BCUT2D eigenvalue weighted by atomic mass is 15.2. The molecule has 1 heterocycles. The summed E-state index contributed by atoms with van der Waals surface area (Å²) in [6, 6.07) is 0.981. The highest BCUT2D eigenvalue weighted by molar-refractivity contribution is 4.99. The molecule has 0 atom stereocenters. The van der Waals surface area contributed by atoms with Crippen LogP contribution in [0.15, 0.2) is 0 Å². The number of hydrogen-bond acceptors (Lipinski definition) is 1. The topological polar surface area (TPSA) is 3.24 Å². The summed E-state index contributed by atoms with van der Waals surface area (Å²) in [6.07, 6.45) is 13.3. The van der Waals surface area contributed by atoms with E-state index in [0.717, 1.165) is 11.5 Å². The third-order valence-corrected chi connectivity index (χ3v) is 5.61. The zero-order chi connectivity index (χ0) is 11.0. The molecule has 16 heavy (non-hydrogen) atoms. The monoisotopic (exact) mass is 220 g/mol. The van der Waals surface area contributed by atoms with Crippen molar-refractivity contribution in [2.45, 2.75) is 70.8 Å². The van der Waals surface area contributed by atoms with Crippen molar-refractivity contribution in [1.82, 2.24) is 4.90 Å². The normalized spacial score (nSPS) is 32.8. The van der Waals surface area contributed by atoms with Crippen LogP contribution in [0, 0.1) is 11.3 Å². The molecule has 0 amide bonds. The summed E-state index contributed by atoms with van der Waals surface area (Å²) in [4.78, 5) is 2.79. The SMILES string of the molecule is C[C-]1CCC2(CC1)CCN(C1CCC1)CC2. The predicted molar refractivity (Wildman–Crippen MR) is 68.3 cm³/mol. The van der Waals surface area contributed by atoms with Gasteiger partial charge in [-0.05, 0) is 44.2 Å². The Balaban J connectivity index is 1.53. The molecule has 3 fully saturated rings. The van der Waals surface area contributed by atoms with Crippen molar-refractivity contribution in [1.29, 1.82) is 0 Å². The summed E-state index contributed by atoms with van der Waals surface area (Å²) < 4.78 is 0. The van der Waals surface area contributed by atoms with Crippen molar-refractivity contribution in [2.75, 3.05) is 13.1 Å². The summed E-state index contributed by atoms with van der Waals surface area (Å²) in [7, 11) is 0. The second kappa shape index (κ2) is 4.33. The molecule has 1 heteroatoms. The van der Waals surface area contributed by atoms with Gasteiger partial charge < -0.3 is 10.8 Å². The molecular weight excluding hydrogens is 194 g/mol. The van der Waals surface area contributed by atoms with Gasteiger partial charge in [0.1, 0.15) is 0 Å². The van der Waals surface area contributed by atoms with E-state index in [2.05, 4.69) is 11.8 Å². The molecule has 1 saturated heterocycles. The Hall–Kier alpha value is -0.0400.